The van der Waals surface area contributed by atoms with Crippen molar-refractivity contribution in [3.05, 3.63) is 63.6 Å². The lowest BCUT2D eigenvalue weighted by Crippen LogP contribution is -2.47. The van der Waals surface area contributed by atoms with Crippen molar-refractivity contribution in [2.24, 2.45) is 0 Å². The van der Waals surface area contributed by atoms with E-state index in [-0.39, 0.29) is 37.7 Å². The highest BCUT2D eigenvalue weighted by Crippen LogP contribution is 2.27. The Morgan fingerprint density at radius 2 is 1.76 bits per heavy atom. The largest absolute Gasteiger partial charge is 0.355 e. The van der Waals surface area contributed by atoms with Gasteiger partial charge in [0.2, 0.25) is 21.8 Å². The number of anilines is 1. The van der Waals surface area contributed by atoms with E-state index < -0.39 is 16.1 Å². The van der Waals surface area contributed by atoms with Crippen LogP contribution < -0.4 is 9.62 Å². The number of nitrogens with zero attached hydrogens (tertiary/aromatic N) is 2. The van der Waals surface area contributed by atoms with Crippen LogP contribution in [0.3, 0.4) is 0 Å². The summed E-state index contributed by atoms with van der Waals surface area (Å²) in [5, 5.41) is 3.71. The van der Waals surface area contributed by atoms with Crippen molar-refractivity contribution >= 4 is 50.7 Å². The lowest BCUT2D eigenvalue weighted by Gasteiger charge is -2.29. The molecule has 0 aliphatic heterocycles. The minimum Gasteiger partial charge on any atom is -0.355 e. The first-order chi connectivity index (χ1) is 15.9. The molecule has 1 N–H and O–H groups in total. The van der Waals surface area contributed by atoms with Gasteiger partial charge in [-0.15, -0.1) is 0 Å². The van der Waals surface area contributed by atoms with Crippen LogP contribution in [0.4, 0.5) is 5.69 Å². The molecule has 0 aliphatic carbocycles. The Kier molecular flexibility index (Phi) is 10.2. The van der Waals surface area contributed by atoms with Crippen molar-refractivity contribution < 1.29 is 18.0 Å². The Morgan fingerprint density at radius 3 is 2.38 bits per heavy atom. The van der Waals surface area contributed by atoms with Gasteiger partial charge in [-0.05, 0) is 62.6 Å². The average molecular weight is 529 g/mol. The highest BCUT2D eigenvalue weighted by molar-refractivity contribution is 7.92. The average Bonchev–Trinajstić information content (AvgIpc) is 2.75. The van der Waals surface area contributed by atoms with Crippen molar-refractivity contribution in [1.82, 2.24) is 10.2 Å². The number of amides is 2. The lowest BCUT2D eigenvalue weighted by molar-refractivity contribution is -0.140. The molecule has 186 valence electrons. The van der Waals surface area contributed by atoms with E-state index in [2.05, 4.69) is 5.32 Å². The summed E-state index contributed by atoms with van der Waals surface area (Å²) in [6.07, 6.45) is 1.46. The molecule has 2 aromatic rings. The van der Waals surface area contributed by atoms with Crippen molar-refractivity contribution in [3.8, 4) is 0 Å². The number of nitrogens with one attached hydrogen (secondary N) is 1. The third-order valence-electron chi connectivity index (χ3n) is 5.35. The van der Waals surface area contributed by atoms with E-state index in [1.165, 1.54) is 9.21 Å². The number of carbonyl (C=O) groups excluding carboxylic acids is 2. The number of hydrogen-bond donors (Lipinski definition) is 1. The number of aryl methyl sites for hydroxylation is 1. The number of benzene rings is 2. The van der Waals surface area contributed by atoms with Gasteiger partial charge in [0, 0.05) is 36.1 Å². The first-order valence-corrected chi connectivity index (χ1v) is 13.6. The predicted octanol–water partition coefficient (Wildman–Crippen LogP) is 4.40. The molecule has 0 saturated heterocycles. The summed E-state index contributed by atoms with van der Waals surface area (Å²) in [5.41, 5.74) is 2.03. The molecule has 1 atom stereocenters. The molecule has 0 aromatic heterocycles. The molecule has 0 bridgehead atoms. The van der Waals surface area contributed by atoms with Gasteiger partial charge in [0.15, 0.2) is 0 Å². The zero-order chi connectivity index (χ0) is 25.5. The van der Waals surface area contributed by atoms with Crippen LogP contribution >= 0.6 is 23.2 Å². The second-order valence-electron chi connectivity index (χ2n) is 8.09. The molecule has 0 aliphatic rings. The number of likely N-dealkylation sites (N-methyl/N-ethyl adjacent to an activating group) is 1. The third kappa shape index (κ3) is 7.89. The summed E-state index contributed by atoms with van der Waals surface area (Å²) in [7, 11) is -3.59. The Bertz CT molecular complexity index is 1120. The standard InChI is InChI=1S/C24H31Cl2N3O4S/c1-5-27-24(31)18(3)28(16-19-8-6-9-20(25)14-19)23(30)10-7-13-29(34(4,32)33)22-15-21(26)12-11-17(22)2/h6,8-9,11-12,14-15,18H,5,7,10,13,16H2,1-4H3,(H,27,31)/t18-/m0/s1. The van der Waals surface area contributed by atoms with Crippen LogP contribution in [-0.2, 0) is 26.2 Å². The van der Waals surface area contributed by atoms with Crippen molar-refractivity contribution in [2.75, 3.05) is 23.7 Å². The number of rotatable bonds is 11. The van der Waals surface area contributed by atoms with E-state index in [4.69, 9.17) is 23.2 Å². The molecule has 0 radical (unpaired) electrons. The fourth-order valence-corrected chi connectivity index (χ4v) is 4.96. The zero-order valence-corrected chi connectivity index (χ0v) is 22.2. The van der Waals surface area contributed by atoms with Crippen molar-refractivity contribution in [1.29, 1.82) is 0 Å². The molecule has 2 amide bonds. The minimum absolute atomic E-state index is 0.0654. The molecule has 0 spiro atoms. The summed E-state index contributed by atoms with van der Waals surface area (Å²) < 4.78 is 26.2. The number of hydrogen-bond acceptors (Lipinski definition) is 4. The predicted molar refractivity (Wildman–Crippen MR) is 138 cm³/mol. The van der Waals surface area contributed by atoms with E-state index in [1.807, 2.05) is 13.0 Å². The summed E-state index contributed by atoms with van der Waals surface area (Å²) in [6, 6.07) is 11.5. The zero-order valence-electron chi connectivity index (χ0n) is 19.8. The van der Waals surface area contributed by atoms with E-state index >= 15 is 0 Å². The summed E-state index contributed by atoms with van der Waals surface area (Å²) in [6.45, 7) is 6.05. The number of sulfonamides is 1. The topological polar surface area (TPSA) is 86.8 Å². The summed E-state index contributed by atoms with van der Waals surface area (Å²) in [4.78, 5) is 27.2. The van der Waals surface area contributed by atoms with Gasteiger partial charge in [-0.25, -0.2) is 8.42 Å². The highest BCUT2D eigenvalue weighted by atomic mass is 35.5. The van der Waals surface area contributed by atoms with Gasteiger partial charge in [-0.1, -0.05) is 41.4 Å². The Hall–Kier alpha value is -2.29. The molecule has 10 heteroatoms. The molecule has 2 aromatic carbocycles. The van der Waals surface area contributed by atoms with Gasteiger partial charge in [0.1, 0.15) is 6.04 Å². The Labute approximate surface area is 212 Å². The van der Waals surface area contributed by atoms with Crippen LogP contribution in [-0.4, -0.2) is 50.5 Å². The fourth-order valence-electron chi connectivity index (χ4n) is 3.57. The van der Waals surface area contributed by atoms with Gasteiger partial charge in [0.25, 0.3) is 0 Å². The second-order valence-corrected chi connectivity index (χ2v) is 10.9. The Morgan fingerprint density at radius 1 is 1.09 bits per heavy atom. The molecule has 0 heterocycles. The van der Waals surface area contributed by atoms with E-state index in [0.29, 0.717) is 22.3 Å². The van der Waals surface area contributed by atoms with Crippen LogP contribution in [0.1, 0.15) is 37.8 Å². The maximum atomic E-state index is 13.2. The summed E-state index contributed by atoms with van der Waals surface area (Å²) >= 11 is 12.2. The lowest BCUT2D eigenvalue weighted by atomic mass is 10.1. The molecular formula is C24H31Cl2N3O4S. The number of carbonyl (C=O) groups is 2. The highest BCUT2D eigenvalue weighted by Gasteiger charge is 2.26. The Balaban J connectivity index is 2.19. The first kappa shape index (κ1) is 28.0. The molecule has 7 nitrogen and oxygen atoms in total. The maximum absolute atomic E-state index is 13.2. The third-order valence-corrected chi connectivity index (χ3v) is 7.00. The van der Waals surface area contributed by atoms with Crippen molar-refractivity contribution in [3.63, 3.8) is 0 Å². The minimum atomic E-state index is -3.59. The quantitative estimate of drug-likeness (QED) is 0.469. The van der Waals surface area contributed by atoms with Crippen LogP contribution in [0.25, 0.3) is 0 Å². The van der Waals surface area contributed by atoms with Crippen LogP contribution in [0, 0.1) is 6.92 Å². The van der Waals surface area contributed by atoms with E-state index in [0.717, 1.165) is 17.4 Å². The van der Waals surface area contributed by atoms with Gasteiger partial charge >= 0.3 is 0 Å². The molecule has 34 heavy (non-hydrogen) atoms. The molecule has 0 unspecified atom stereocenters. The van der Waals surface area contributed by atoms with E-state index in [1.54, 1.807) is 50.2 Å². The van der Waals surface area contributed by atoms with Gasteiger partial charge in [-0.3, -0.25) is 13.9 Å². The molecule has 2 rings (SSSR count). The maximum Gasteiger partial charge on any atom is 0.242 e. The van der Waals surface area contributed by atoms with Gasteiger partial charge in [0.05, 0.1) is 11.9 Å². The normalized spacial score (nSPS) is 12.2. The summed E-state index contributed by atoms with van der Waals surface area (Å²) in [5.74, 6) is -0.514. The van der Waals surface area contributed by atoms with Crippen molar-refractivity contribution in [2.45, 2.75) is 46.2 Å². The van der Waals surface area contributed by atoms with Gasteiger partial charge < -0.3 is 10.2 Å². The van der Waals surface area contributed by atoms with Gasteiger partial charge in [-0.2, -0.15) is 0 Å². The fraction of sp³-hybridized carbons (Fsp3) is 0.417. The molecule has 0 fully saturated rings. The molecule has 0 saturated carbocycles. The SMILES string of the molecule is CCNC(=O)[C@H](C)N(Cc1cccc(Cl)c1)C(=O)CCCN(c1cc(Cl)ccc1C)S(C)(=O)=O. The first-order valence-electron chi connectivity index (χ1n) is 11.0. The second kappa shape index (κ2) is 12.4. The van der Waals surface area contributed by atoms with Crippen LogP contribution in [0.15, 0.2) is 42.5 Å². The monoisotopic (exact) mass is 527 g/mol. The van der Waals surface area contributed by atoms with Crippen LogP contribution in [0.2, 0.25) is 10.0 Å². The van der Waals surface area contributed by atoms with Crippen LogP contribution in [0.5, 0.6) is 0 Å². The molecular weight excluding hydrogens is 497 g/mol. The van der Waals surface area contributed by atoms with E-state index in [9.17, 15) is 18.0 Å². The number of halogens is 2. The smallest absolute Gasteiger partial charge is 0.242 e.